The molecule has 0 aromatic carbocycles. The van der Waals surface area contributed by atoms with E-state index in [0.29, 0.717) is 18.8 Å². The lowest BCUT2D eigenvalue weighted by molar-refractivity contribution is -0.129. The molecule has 2 aromatic heterocycles. The summed E-state index contributed by atoms with van der Waals surface area (Å²) >= 11 is 0. The molecule has 1 aliphatic heterocycles. The summed E-state index contributed by atoms with van der Waals surface area (Å²) in [5, 5.41) is 6.25. The molecule has 0 spiro atoms. The maximum absolute atomic E-state index is 12.2. The summed E-state index contributed by atoms with van der Waals surface area (Å²) in [4.78, 5) is 35.0. The zero-order valence-corrected chi connectivity index (χ0v) is 16.4. The second kappa shape index (κ2) is 8.71. The third-order valence-electron chi connectivity index (χ3n) is 4.54. The van der Waals surface area contributed by atoms with Crippen molar-refractivity contribution < 1.29 is 4.79 Å². The van der Waals surface area contributed by atoms with Crippen molar-refractivity contribution in [3.63, 3.8) is 0 Å². The van der Waals surface area contributed by atoms with Gasteiger partial charge < -0.3 is 25.4 Å². The summed E-state index contributed by atoms with van der Waals surface area (Å²) < 4.78 is 0. The third-order valence-corrected chi connectivity index (χ3v) is 4.54. The van der Waals surface area contributed by atoms with Gasteiger partial charge in [-0.15, -0.1) is 0 Å². The zero-order valence-electron chi connectivity index (χ0n) is 16.4. The number of aromatic amines is 1. The van der Waals surface area contributed by atoms with Crippen molar-refractivity contribution in [1.82, 2.24) is 19.8 Å². The van der Waals surface area contributed by atoms with Crippen molar-refractivity contribution >= 4 is 17.4 Å². The Kier molecular flexibility index (Phi) is 6.10. The first-order chi connectivity index (χ1) is 13.5. The number of hydrogen-bond acceptors (Lipinski definition) is 6. The average molecular weight is 382 g/mol. The van der Waals surface area contributed by atoms with E-state index in [0.717, 1.165) is 23.5 Å². The van der Waals surface area contributed by atoms with Gasteiger partial charge in [0.2, 0.25) is 5.91 Å². The Bertz CT molecular complexity index is 915. The molecule has 3 heterocycles. The van der Waals surface area contributed by atoms with Gasteiger partial charge in [-0.3, -0.25) is 9.59 Å². The normalized spacial score (nSPS) is 14.4. The Labute approximate surface area is 164 Å². The number of amides is 1. The number of nitrogens with zero attached hydrogens (tertiary/aromatic N) is 3. The fourth-order valence-electron chi connectivity index (χ4n) is 2.94. The molecule has 28 heavy (non-hydrogen) atoms. The molecule has 0 unspecified atom stereocenters. The maximum atomic E-state index is 12.2. The van der Waals surface area contributed by atoms with E-state index in [-0.39, 0.29) is 17.5 Å². The summed E-state index contributed by atoms with van der Waals surface area (Å²) in [6.07, 6.45) is 6.87. The largest absolute Gasteiger partial charge is 0.374 e. The van der Waals surface area contributed by atoms with E-state index in [1.165, 1.54) is 0 Å². The predicted octanol–water partition coefficient (Wildman–Crippen LogP) is 1.22. The van der Waals surface area contributed by atoms with Crippen molar-refractivity contribution in [2.24, 2.45) is 0 Å². The number of anilines is 2. The molecule has 3 N–H and O–H groups in total. The number of H-pyrrole nitrogens is 1. The van der Waals surface area contributed by atoms with Crippen molar-refractivity contribution in [3.8, 4) is 11.1 Å². The monoisotopic (exact) mass is 382 g/mol. The highest BCUT2D eigenvalue weighted by atomic mass is 16.2. The van der Waals surface area contributed by atoms with Crippen LogP contribution in [-0.2, 0) is 4.79 Å². The van der Waals surface area contributed by atoms with Gasteiger partial charge in [-0.2, -0.15) is 0 Å². The molecule has 148 valence electrons. The van der Waals surface area contributed by atoms with Crippen LogP contribution in [0.5, 0.6) is 0 Å². The lowest BCUT2D eigenvalue weighted by Gasteiger charge is -2.39. The SMILES string of the molecule is CNc1cc(-c2c[nH]c(=O)c(NC3CN(C(=O)C=CCN(C)C)C3)c2)ccn1. The van der Waals surface area contributed by atoms with E-state index in [1.54, 1.807) is 23.4 Å². The number of aromatic nitrogens is 2. The molecule has 1 fully saturated rings. The van der Waals surface area contributed by atoms with Crippen LogP contribution in [0.2, 0.25) is 0 Å². The van der Waals surface area contributed by atoms with E-state index < -0.39 is 0 Å². The first-order valence-electron chi connectivity index (χ1n) is 9.20. The Morgan fingerprint density at radius 2 is 2.14 bits per heavy atom. The van der Waals surface area contributed by atoms with Gasteiger partial charge in [0.15, 0.2) is 0 Å². The number of likely N-dealkylation sites (N-methyl/N-ethyl adjacent to an activating group) is 1. The van der Waals surface area contributed by atoms with Gasteiger partial charge in [0, 0.05) is 50.7 Å². The van der Waals surface area contributed by atoms with Crippen LogP contribution in [0.25, 0.3) is 11.1 Å². The zero-order chi connectivity index (χ0) is 20.1. The highest BCUT2D eigenvalue weighted by Gasteiger charge is 2.29. The van der Waals surface area contributed by atoms with E-state index in [9.17, 15) is 9.59 Å². The van der Waals surface area contributed by atoms with Crippen LogP contribution >= 0.6 is 0 Å². The maximum Gasteiger partial charge on any atom is 0.271 e. The Hall–Kier alpha value is -3.13. The summed E-state index contributed by atoms with van der Waals surface area (Å²) in [6, 6.07) is 5.70. The van der Waals surface area contributed by atoms with Gasteiger partial charge in [-0.25, -0.2) is 4.98 Å². The van der Waals surface area contributed by atoms with Crippen LogP contribution in [-0.4, -0.2) is 72.5 Å². The van der Waals surface area contributed by atoms with Crippen LogP contribution in [0.15, 0.2) is 47.5 Å². The van der Waals surface area contributed by atoms with E-state index in [2.05, 4.69) is 20.6 Å². The van der Waals surface area contributed by atoms with Crippen molar-refractivity contribution in [2.75, 3.05) is 51.4 Å². The van der Waals surface area contributed by atoms with Crippen LogP contribution in [0.3, 0.4) is 0 Å². The first kappa shape index (κ1) is 19.6. The smallest absolute Gasteiger partial charge is 0.271 e. The molecule has 3 rings (SSSR count). The summed E-state index contributed by atoms with van der Waals surface area (Å²) in [6.45, 7) is 1.88. The number of hydrogen-bond donors (Lipinski definition) is 3. The molecule has 1 saturated heterocycles. The van der Waals surface area contributed by atoms with Crippen molar-refractivity contribution in [2.45, 2.75) is 6.04 Å². The van der Waals surface area contributed by atoms with Gasteiger partial charge in [0.25, 0.3) is 5.56 Å². The molecule has 1 aliphatic rings. The molecule has 0 bridgehead atoms. The minimum atomic E-state index is -0.178. The summed E-state index contributed by atoms with van der Waals surface area (Å²) in [5.41, 5.74) is 2.16. The molecule has 0 saturated carbocycles. The summed E-state index contributed by atoms with van der Waals surface area (Å²) in [7, 11) is 5.72. The van der Waals surface area contributed by atoms with Crippen LogP contribution in [0.4, 0.5) is 11.5 Å². The number of nitrogens with one attached hydrogen (secondary N) is 3. The second-order valence-corrected chi connectivity index (χ2v) is 7.06. The number of likely N-dealkylation sites (tertiary alicyclic amines) is 1. The molecule has 0 aliphatic carbocycles. The van der Waals surface area contributed by atoms with E-state index in [4.69, 9.17) is 0 Å². The van der Waals surface area contributed by atoms with E-state index >= 15 is 0 Å². The molecule has 0 radical (unpaired) electrons. The van der Waals surface area contributed by atoms with Gasteiger partial charge in [-0.05, 0) is 37.9 Å². The minimum absolute atomic E-state index is 0.000981. The van der Waals surface area contributed by atoms with Crippen LogP contribution in [0.1, 0.15) is 0 Å². The van der Waals surface area contributed by atoms with Gasteiger partial charge >= 0.3 is 0 Å². The van der Waals surface area contributed by atoms with E-state index in [1.807, 2.05) is 50.3 Å². The average Bonchev–Trinajstić information content (AvgIpc) is 2.65. The van der Waals surface area contributed by atoms with Gasteiger partial charge in [0.1, 0.15) is 11.5 Å². The highest BCUT2D eigenvalue weighted by Crippen LogP contribution is 2.22. The second-order valence-electron chi connectivity index (χ2n) is 7.06. The third kappa shape index (κ3) is 4.77. The highest BCUT2D eigenvalue weighted by molar-refractivity contribution is 5.88. The molecule has 0 atom stereocenters. The standard InChI is InChI=1S/C20H26N6O2/c1-21-18-10-14(6-7-22-18)15-9-17(20(28)23-11-15)24-16-12-26(13-16)19(27)5-4-8-25(2)3/h4-7,9-11,16,24H,8,12-13H2,1-3H3,(H,21,22)(H,23,28). The van der Waals surface area contributed by atoms with Crippen LogP contribution in [0, 0.1) is 0 Å². The molecule has 8 nitrogen and oxygen atoms in total. The fraction of sp³-hybridized carbons (Fsp3) is 0.350. The molecular weight excluding hydrogens is 356 g/mol. The van der Waals surface area contributed by atoms with Crippen LogP contribution < -0.4 is 16.2 Å². The number of carbonyl (C=O) groups is 1. The first-order valence-corrected chi connectivity index (χ1v) is 9.20. The Balaban J connectivity index is 1.62. The Morgan fingerprint density at radius 1 is 1.36 bits per heavy atom. The molecular formula is C20H26N6O2. The minimum Gasteiger partial charge on any atom is -0.374 e. The lowest BCUT2D eigenvalue weighted by atomic mass is 10.1. The Morgan fingerprint density at radius 3 is 2.86 bits per heavy atom. The number of carbonyl (C=O) groups excluding carboxylic acids is 1. The topological polar surface area (TPSA) is 93.4 Å². The molecule has 1 amide bonds. The quantitative estimate of drug-likeness (QED) is 0.624. The molecule has 2 aromatic rings. The van der Waals surface area contributed by atoms with Crippen molar-refractivity contribution in [3.05, 3.63) is 53.1 Å². The van der Waals surface area contributed by atoms with Gasteiger partial charge in [0.05, 0.1) is 6.04 Å². The fourth-order valence-corrected chi connectivity index (χ4v) is 2.94. The lowest BCUT2D eigenvalue weighted by Crippen LogP contribution is -2.57. The summed E-state index contributed by atoms with van der Waals surface area (Å²) in [5.74, 6) is 0.757. The number of pyridine rings is 2. The molecule has 8 heteroatoms. The predicted molar refractivity (Wildman–Crippen MR) is 112 cm³/mol. The van der Waals surface area contributed by atoms with Crippen molar-refractivity contribution in [1.29, 1.82) is 0 Å². The van der Waals surface area contributed by atoms with Gasteiger partial charge in [-0.1, -0.05) is 6.08 Å². The number of rotatable bonds is 7.